The van der Waals surface area contributed by atoms with Gasteiger partial charge in [0.25, 0.3) is 0 Å². The first-order valence-electron chi connectivity index (χ1n) is 3.19. The lowest BCUT2D eigenvalue weighted by atomic mass is 10.2. The first-order chi connectivity index (χ1) is 4.72. The van der Waals surface area contributed by atoms with E-state index in [1.54, 1.807) is 7.05 Å². The third-order valence-electron chi connectivity index (χ3n) is 1.16. The van der Waals surface area contributed by atoms with Crippen LogP contribution in [0.3, 0.4) is 0 Å². The van der Waals surface area contributed by atoms with Crippen LogP contribution in [0.15, 0.2) is 0 Å². The van der Waals surface area contributed by atoms with Crippen molar-refractivity contribution in [2.45, 2.75) is 6.92 Å². The molecular formula is C6H14N2O2. The van der Waals surface area contributed by atoms with Crippen LogP contribution in [0.5, 0.6) is 0 Å². The van der Waals surface area contributed by atoms with Gasteiger partial charge in [0.1, 0.15) is 0 Å². The van der Waals surface area contributed by atoms with Gasteiger partial charge in [0.2, 0.25) is 5.91 Å². The minimum atomic E-state index is -0.100. The molecule has 0 aromatic heterocycles. The Bertz CT molecular complexity index is 106. The quantitative estimate of drug-likeness (QED) is 0.527. The Morgan fingerprint density at radius 2 is 2.30 bits per heavy atom. The topological polar surface area (TPSA) is 50.4 Å². The number of hydrogen-bond acceptors (Lipinski definition) is 3. The number of rotatable bonds is 4. The molecule has 0 aliphatic carbocycles. The molecule has 0 rings (SSSR count). The summed E-state index contributed by atoms with van der Waals surface area (Å²) in [6, 6.07) is 0. The van der Waals surface area contributed by atoms with Crippen molar-refractivity contribution < 1.29 is 9.63 Å². The molecule has 0 aromatic rings. The van der Waals surface area contributed by atoms with Gasteiger partial charge in [0, 0.05) is 12.5 Å². The molecule has 1 unspecified atom stereocenters. The first kappa shape index (κ1) is 9.39. The van der Waals surface area contributed by atoms with Crippen LogP contribution in [0.4, 0.5) is 0 Å². The van der Waals surface area contributed by atoms with Gasteiger partial charge in [-0.25, -0.2) is 5.48 Å². The van der Waals surface area contributed by atoms with Crippen molar-refractivity contribution in [1.29, 1.82) is 0 Å². The molecule has 2 N–H and O–H groups in total. The molecule has 0 radical (unpaired) electrons. The molecule has 0 heterocycles. The normalized spacial score (nSPS) is 12.7. The van der Waals surface area contributed by atoms with Gasteiger partial charge < -0.3 is 5.32 Å². The maximum atomic E-state index is 10.9. The van der Waals surface area contributed by atoms with E-state index in [1.165, 1.54) is 7.11 Å². The molecule has 0 aliphatic rings. The average molecular weight is 146 g/mol. The van der Waals surface area contributed by atoms with Gasteiger partial charge in [-0.1, -0.05) is 6.92 Å². The molecule has 0 saturated heterocycles. The predicted molar refractivity (Wildman–Crippen MR) is 38.2 cm³/mol. The van der Waals surface area contributed by atoms with Crippen molar-refractivity contribution in [3.05, 3.63) is 0 Å². The summed E-state index contributed by atoms with van der Waals surface area (Å²) < 4.78 is 0. The van der Waals surface area contributed by atoms with Crippen molar-refractivity contribution in [1.82, 2.24) is 10.8 Å². The fourth-order valence-corrected chi connectivity index (χ4v) is 0.600. The van der Waals surface area contributed by atoms with Gasteiger partial charge in [-0.3, -0.25) is 9.63 Å². The second kappa shape index (κ2) is 5.20. The van der Waals surface area contributed by atoms with Gasteiger partial charge in [0.05, 0.1) is 7.11 Å². The SMILES string of the molecule is CNCC(C)C(=O)NOC. The Morgan fingerprint density at radius 3 is 2.70 bits per heavy atom. The standard InChI is InChI=1S/C6H14N2O2/c1-5(4-7-2)6(9)8-10-3/h5,7H,4H2,1-3H3,(H,8,9). The minimum Gasteiger partial charge on any atom is -0.319 e. The minimum absolute atomic E-state index is 0.0510. The molecule has 1 atom stereocenters. The molecule has 0 fully saturated rings. The Morgan fingerprint density at radius 1 is 1.70 bits per heavy atom. The van der Waals surface area contributed by atoms with Crippen LogP contribution < -0.4 is 10.8 Å². The Hall–Kier alpha value is -0.610. The van der Waals surface area contributed by atoms with Gasteiger partial charge in [-0.15, -0.1) is 0 Å². The van der Waals surface area contributed by atoms with Gasteiger partial charge >= 0.3 is 0 Å². The second-order valence-corrected chi connectivity index (χ2v) is 2.13. The summed E-state index contributed by atoms with van der Waals surface area (Å²) in [6.07, 6.45) is 0. The van der Waals surface area contributed by atoms with E-state index in [0.29, 0.717) is 6.54 Å². The van der Waals surface area contributed by atoms with Crippen LogP contribution in [0, 0.1) is 5.92 Å². The fraction of sp³-hybridized carbons (Fsp3) is 0.833. The molecule has 0 aromatic carbocycles. The lowest BCUT2D eigenvalue weighted by Gasteiger charge is -2.08. The highest BCUT2D eigenvalue weighted by atomic mass is 16.6. The molecule has 0 saturated carbocycles. The molecule has 4 heteroatoms. The molecule has 1 amide bonds. The molecule has 0 bridgehead atoms. The molecule has 0 spiro atoms. The Balaban J connectivity index is 3.49. The third kappa shape index (κ3) is 3.42. The summed E-state index contributed by atoms with van der Waals surface area (Å²) in [5.74, 6) is -0.151. The summed E-state index contributed by atoms with van der Waals surface area (Å²) in [7, 11) is 3.22. The molecule has 60 valence electrons. The largest absolute Gasteiger partial charge is 0.319 e. The lowest BCUT2D eigenvalue weighted by molar-refractivity contribution is -0.134. The summed E-state index contributed by atoms with van der Waals surface area (Å²) in [5.41, 5.74) is 2.25. The van der Waals surface area contributed by atoms with Crippen LogP contribution >= 0.6 is 0 Å². The zero-order valence-electron chi connectivity index (χ0n) is 6.60. The Labute approximate surface area is 60.9 Å². The van der Waals surface area contributed by atoms with Crippen molar-refractivity contribution in [3.63, 3.8) is 0 Å². The summed E-state index contributed by atoms with van der Waals surface area (Å²) >= 11 is 0. The van der Waals surface area contributed by atoms with E-state index in [0.717, 1.165) is 0 Å². The van der Waals surface area contributed by atoms with Crippen molar-refractivity contribution in [2.75, 3.05) is 20.7 Å². The number of carbonyl (C=O) groups is 1. The lowest BCUT2D eigenvalue weighted by Crippen LogP contribution is -2.33. The number of carbonyl (C=O) groups excluding carboxylic acids is 1. The van der Waals surface area contributed by atoms with Gasteiger partial charge in [0.15, 0.2) is 0 Å². The van der Waals surface area contributed by atoms with E-state index in [9.17, 15) is 4.79 Å². The zero-order valence-corrected chi connectivity index (χ0v) is 6.60. The predicted octanol–water partition coefficient (Wildman–Crippen LogP) is -0.480. The van der Waals surface area contributed by atoms with E-state index in [4.69, 9.17) is 0 Å². The monoisotopic (exact) mass is 146 g/mol. The highest BCUT2D eigenvalue weighted by Gasteiger charge is 2.09. The van der Waals surface area contributed by atoms with Crippen LogP contribution in [0.1, 0.15) is 6.92 Å². The van der Waals surface area contributed by atoms with E-state index in [-0.39, 0.29) is 11.8 Å². The van der Waals surface area contributed by atoms with Crippen LogP contribution in [-0.2, 0) is 9.63 Å². The molecule has 0 aliphatic heterocycles. The number of nitrogens with one attached hydrogen (secondary N) is 2. The summed E-state index contributed by atoms with van der Waals surface area (Å²) in [5, 5.41) is 2.89. The molecular weight excluding hydrogens is 132 g/mol. The zero-order chi connectivity index (χ0) is 7.98. The van der Waals surface area contributed by atoms with Crippen LogP contribution in [0.25, 0.3) is 0 Å². The van der Waals surface area contributed by atoms with E-state index >= 15 is 0 Å². The molecule has 4 nitrogen and oxygen atoms in total. The maximum absolute atomic E-state index is 10.9. The summed E-state index contributed by atoms with van der Waals surface area (Å²) in [6.45, 7) is 2.49. The molecule has 10 heavy (non-hydrogen) atoms. The van der Waals surface area contributed by atoms with Crippen LogP contribution in [0.2, 0.25) is 0 Å². The second-order valence-electron chi connectivity index (χ2n) is 2.13. The smallest absolute Gasteiger partial charge is 0.247 e. The van der Waals surface area contributed by atoms with Crippen molar-refractivity contribution >= 4 is 5.91 Å². The van der Waals surface area contributed by atoms with Crippen molar-refractivity contribution in [2.24, 2.45) is 5.92 Å². The van der Waals surface area contributed by atoms with Crippen LogP contribution in [-0.4, -0.2) is 26.6 Å². The van der Waals surface area contributed by atoms with Gasteiger partial charge in [-0.2, -0.15) is 0 Å². The number of amides is 1. The van der Waals surface area contributed by atoms with Gasteiger partial charge in [-0.05, 0) is 7.05 Å². The Kier molecular flexibility index (Phi) is 4.88. The highest BCUT2D eigenvalue weighted by Crippen LogP contribution is 1.90. The highest BCUT2D eigenvalue weighted by molar-refractivity contribution is 5.77. The van der Waals surface area contributed by atoms with E-state index < -0.39 is 0 Å². The maximum Gasteiger partial charge on any atom is 0.247 e. The summed E-state index contributed by atoms with van der Waals surface area (Å²) in [4.78, 5) is 15.3. The van der Waals surface area contributed by atoms with E-state index in [2.05, 4.69) is 15.6 Å². The third-order valence-corrected chi connectivity index (χ3v) is 1.16. The fourth-order valence-electron chi connectivity index (χ4n) is 0.600. The van der Waals surface area contributed by atoms with Crippen molar-refractivity contribution in [3.8, 4) is 0 Å². The number of hydrogen-bond donors (Lipinski definition) is 2. The number of hydroxylamine groups is 1. The van der Waals surface area contributed by atoms with E-state index in [1.807, 2.05) is 6.92 Å². The first-order valence-corrected chi connectivity index (χ1v) is 3.19. The average Bonchev–Trinajstić information content (AvgIpc) is 1.89.